The maximum atomic E-state index is 12.6. The molecule has 0 bridgehead atoms. The van der Waals surface area contributed by atoms with E-state index in [4.69, 9.17) is 11.6 Å². The van der Waals surface area contributed by atoms with Crippen LogP contribution >= 0.6 is 11.6 Å². The van der Waals surface area contributed by atoms with Crippen LogP contribution in [0.4, 0.5) is 0 Å². The van der Waals surface area contributed by atoms with E-state index in [-0.39, 0.29) is 23.7 Å². The average molecular weight is 281 g/mol. The maximum Gasteiger partial charge on any atom is 0.258 e. The number of nitrogens with zero attached hydrogens (tertiary/aromatic N) is 1. The third-order valence-electron chi connectivity index (χ3n) is 4.20. The summed E-state index contributed by atoms with van der Waals surface area (Å²) in [7, 11) is 0. The summed E-state index contributed by atoms with van der Waals surface area (Å²) in [6.45, 7) is 3.89. The van der Waals surface area contributed by atoms with E-state index in [1.165, 1.54) is 6.07 Å². The smallest absolute Gasteiger partial charge is 0.258 e. The van der Waals surface area contributed by atoms with Crippen molar-refractivity contribution in [3.05, 3.63) is 28.8 Å². The number of aromatic hydroxyl groups is 1. The van der Waals surface area contributed by atoms with Crippen molar-refractivity contribution >= 4 is 17.5 Å². The van der Waals surface area contributed by atoms with Gasteiger partial charge in [-0.1, -0.05) is 11.6 Å². The number of rotatable bonds is 1. The highest BCUT2D eigenvalue weighted by molar-refractivity contribution is 6.30. The SMILES string of the molecule is CC1CC2CNCC2N1C(=O)c1ccc(Cl)cc1O. The third kappa shape index (κ3) is 2.09. The van der Waals surface area contributed by atoms with Crippen molar-refractivity contribution in [2.75, 3.05) is 13.1 Å². The number of benzene rings is 1. The van der Waals surface area contributed by atoms with Gasteiger partial charge >= 0.3 is 0 Å². The van der Waals surface area contributed by atoms with E-state index < -0.39 is 0 Å². The van der Waals surface area contributed by atoms with Gasteiger partial charge in [-0.2, -0.15) is 0 Å². The zero-order chi connectivity index (χ0) is 13.6. The van der Waals surface area contributed by atoms with Crippen molar-refractivity contribution < 1.29 is 9.90 Å². The Morgan fingerprint density at radius 1 is 1.47 bits per heavy atom. The Kier molecular flexibility index (Phi) is 3.15. The molecular weight excluding hydrogens is 264 g/mol. The summed E-state index contributed by atoms with van der Waals surface area (Å²) in [5.41, 5.74) is 0.337. The first-order valence-electron chi connectivity index (χ1n) is 6.60. The minimum absolute atomic E-state index is 0.0425. The molecule has 2 saturated heterocycles. The van der Waals surface area contributed by atoms with Crippen LogP contribution in [0.5, 0.6) is 5.75 Å². The fourth-order valence-electron chi connectivity index (χ4n) is 3.34. The van der Waals surface area contributed by atoms with Crippen LogP contribution < -0.4 is 5.32 Å². The number of fused-ring (bicyclic) bond motifs is 1. The van der Waals surface area contributed by atoms with Crippen LogP contribution in [0.15, 0.2) is 18.2 Å². The van der Waals surface area contributed by atoms with Gasteiger partial charge in [-0.05, 0) is 37.5 Å². The molecule has 2 fully saturated rings. The van der Waals surface area contributed by atoms with Gasteiger partial charge in [-0.3, -0.25) is 4.79 Å². The molecule has 0 spiro atoms. The van der Waals surface area contributed by atoms with Gasteiger partial charge in [-0.25, -0.2) is 0 Å². The molecule has 2 heterocycles. The van der Waals surface area contributed by atoms with E-state index in [1.54, 1.807) is 12.1 Å². The fourth-order valence-corrected chi connectivity index (χ4v) is 3.51. The summed E-state index contributed by atoms with van der Waals surface area (Å²) in [5.74, 6) is 0.394. The number of amides is 1. The summed E-state index contributed by atoms with van der Waals surface area (Å²) in [5, 5.41) is 13.7. The van der Waals surface area contributed by atoms with E-state index in [0.717, 1.165) is 19.5 Å². The Labute approximate surface area is 117 Å². The van der Waals surface area contributed by atoms with Crippen LogP contribution in [0.25, 0.3) is 0 Å². The first kappa shape index (κ1) is 12.8. The van der Waals surface area contributed by atoms with Crippen molar-refractivity contribution in [1.29, 1.82) is 0 Å². The monoisotopic (exact) mass is 280 g/mol. The number of likely N-dealkylation sites (tertiary alicyclic amines) is 1. The lowest BCUT2D eigenvalue weighted by Gasteiger charge is -2.28. The molecule has 102 valence electrons. The molecule has 0 aromatic heterocycles. The normalized spacial score (nSPS) is 29.6. The predicted molar refractivity (Wildman–Crippen MR) is 73.5 cm³/mol. The van der Waals surface area contributed by atoms with Gasteiger partial charge in [0.2, 0.25) is 0 Å². The standard InChI is InChI=1S/C14H17ClN2O2/c1-8-4-9-6-16-7-12(9)17(8)14(19)11-3-2-10(15)5-13(11)18/h2-3,5,8-9,12,16,18H,4,6-7H2,1H3. The number of halogens is 1. The van der Waals surface area contributed by atoms with E-state index in [1.807, 2.05) is 4.90 Å². The Balaban J connectivity index is 1.90. The molecule has 1 aromatic rings. The zero-order valence-electron chi connectivity index (χ0n) is 10.8. The summed E-state index contributed by atoms with van der Waals surface area (Å²) >= 11 is 5.80. The van der Waals surface area contributed by atoms with Crippen LogP contribution in [0, 0.1) is 5.92 Å². The molecule has 0 radical (unpaired) electrons. The number of phenolic OH excluding ortho intramolecular Hbond substituents is 1. The van der Waals surface area contributed by atoms with Crippen molar-refractivity contribution in [2.24, 2.45) is 5.92 Å². The Morgan fingerprint density at radius 2 is 2.26 bits per heavy atom. The zero-order valence-corrected chi connectivity index (χ0v) is 11.5. The third-order valence-corrected chi connectivity index (χ3v) is 4.44. The lowest BCUT2D eigenvalue weighted by molar-refractivity contribution is 0.0679. The molecular formula is C14H17ClN2O2. The maximum absolute atomic E-state index is 12.6. The van der Waals surface area contributed by atoms with Gasteiger partial charge in [-0.15, -0.1) is 0 Å². The average Bonchev–Trinajstić information content (AvgIpc) is 2.87. The highest BCUT2D eigenvalue weighted by atomic mass is 35.5. The minimum atomic E-state index is -0.0992. The topological polar surface area (TPSA) is 52.6 Å². The van der Waals surface area contributed by atoms with Crippen LogP contribution in [-0.4, -0.2) is 41.1 Å². The molecule has 1 aromatic carbocycles. The van der Waals surface area contributed by atoms with Crippen LogP contribution in [0.1, 0.15) is 23.7 Å². The van der Waals surface area contributed by atoms with Crippen molar-refractivity contribution in [3.63, 3.8) is 0 Å². The second kappa shape index (κ2) is 4.69. The second-order valence-electron chi connectivity index (χ2n) is 5.44. The lowest BCUT2D eigenvalue weighted by Crippen LogP contribution is -2.42. The van der Waals surface area contributed by atoms with Crippen LogP contribution in [-0.2, 0) is 0 Å². The molecule has 2 aliphatic rings. The van der Waals surface area contributed by atoms with E-state index in [0.29, 0.717) is 16.5 Å². The summed E-state index contributed by atoms with van der Waals surface area (Å²) in [6, 6.07) is 5.12. The number of carbonyl (C=O) groups excluding carboxylic acids is 1. The Hall–Kier alpha value is -1.26. The molecule has 3 unspecified atom stereocenters. The molecule has 2 aliphatic heterocycles. The Morgan fingerprint density at radius 3 is 3.00 bits per heavy atom. The summed E-state index contributed by atoms with van der Waals surface area (Å²) in [4.78, 5) is 14.5. The predicted octanol–water partition coefficient (Wildman–Crippen LogP) is 1.87. The highest BCUT2D eigenvalue weighted by Crippen LogP contribution is 2.35. The van der Waals surface area contributed by atoms with E-state index in [9.17, 15) is 9.90 Å². The molecule has 1 amide bonds. The number of hydrogen-bond donors (Lipinski definition) is 2. The first-order valence-corrected chi connectivity index (χ1v) is 6.97. The van der Waals surface area contributed by atoms with Crippen molar-refractivity contribution in [1.82, 2.24) is 10.2 Å². The number of phenols is 1. The number of hydrogen-bond acceptors (Lipinski definition) is 3. The molecule has 2 N–H and O–H groups in total. The molecule has 19 heavy (non-hydrogen) atoms. The van der Waals surface area contributed by atoms with Crippen LogP contribution in [0.2, 0.25) is 5.02 Å². The van der Waals surface area contributed by atoms with E-state index in [2.05, 4.69) is 12.2 Å². The second-order valence-corrected chi connectivity index (χ2v) is 5.88. The van der Waals surface area contributed by atoms with Crippen molar-refractivity contribution in [3.8, 4) is 5.75 Å². The van der Waals surface area contributed by atoms with Crippen molar-refractivity contribution in [2.45, 2.75) is 25.4 Å². The van der Waals surface area contributed by atoms with Gasteiger partial charge in [0.25, 0.3) is 5.91 Å². The van der Waals surface area contributed by atoms with Gasteiger partial charge in [0, 0.05) is 30.2 Å². The molecule has 3 rings (SSSR count). The lowest BCUT2D eigenvalue weighted by atomic mass is 10.0. The highest BCUT2D eigenvalue weighted by Gasteiger charge is 2.44. The van der Waals surface area contributed by atoms with Gasteiger partial charge in [0.1, 0.15) is 5.75 Å². The molecule has 0 aliphatic carbocycles. The quantitative estimate of drug-likeness (QED) is 0.826. The summed E-state index contributed by atoms with van der Waals surface area (Å²) in [6.07, 6.45) is 1.03. The van der Waals surface area contributed by atoms with Crippen LogP contribution in [0.3, 0.4) is 0 Å². The van der Waals surface area contributed by atoms with E-state index >= 15 is 0 Å². The molecule has 3 atom stereocenters. The minimum Gasteiger partial charge on any atom is -0.507 e. The largest absolute Gasteiger partial charge is 0.507 e. The molecule has 4 nitrogen and oxygen atoms in total. The Bertz CT molecular complexity index is 520. The van der Waals surface area contributed by atoms with Gasteiger partial charge < -0.3 is 15.3 Å². The molecule has 5 heteroatoms. The van der Waals surface area contributed by atoms with Gasteiger partial charge in [0.15, 0.2) is 0 Å². The first-order chi connectivity index (χ1) is 9.08. The molecule has 0 saturated carbocycles. The fraction of sp³-hybridized carbons (Fsp3) is 0.500. The van der Waals surface area contributed by atoms with Gasteiger partial charge in [0.05, 0.1) is 5.56 Å². The number of carbonyl (C=O) groups is 1. The number of nitrogens with one attached hydrogen (secondary N) is 1. The summed E-state index contributed by atoms with van der Waals surface area (Å²) < 4.78 is 0.